The molecule has 5 heteroatoms. The Labute approximate surface area is 144 Å². The summed E-state index contributed by atoms with van der Waals surface area (Å²) in [4.78, 5) is 14.7. The molecule has 2 rings (SSSR count). The summed E-state index contributed by atoms with van der Waals surface area (Å²) in [6.45, 7) is 12.3. The Balaban J connectivity index is 0.00000288. The molecular weight excluding hydrogens is 302 g/mol. The van der Waals surface area contributed by atoms with Crippen molar-refractivity contribution >= 4 is 5.91 Å². The van der Waals surface area contributed by atoms with Crippen molar-refractivity contribution in [3.63, 3.8) is 0 Å². The van der Waals surface area contributed by atoms with Gasteiger partial charge in [0.05, 0.1) is 17.8 Å². The van der Waals surface area contributed by atoms with Crippen molar-refractivity contribution < 1.29 is 10.3 Å². The second kappa shape index (κ2) is 8.11. The molecule has 0 bridgehead atoms. The number of nitrogens with zero attached hydrogens (tertiary/aromatic N) is 3. The lowest BCUT2D eigenvalue weighted by Crippen LogP contribution is -2.43. The third-order valence-electron chi connectivity index (χ3n) is 4.17. The number of rotatable bonds is 5. The topological polar surface area (TPSA) is 69.6 Å². The molecule has 5 nitrogen and oxygen atoms in total. The molecule has 1 aromatic carbocycles. The van der Waals surface area contributed by atoms with Crippen LogP contribution >= 0.6 is 0 Å². The zero-order chi connectivity index (χ0) is 17.1. The molecule has 1 amide bonds. The van der Waals surface area contributed by atoms with Gasteiger partial charge in [0.2, 0.25) is 5.91 Å². The van der Waals surface area contributed by atoms with Crippen molar-refractivity contribution in [2.24, 2.45) is 0 Å². The van der Waals surface area contributed by atoms with Gasteiger partial charge < -0.3 is 10.4 Å². The van der Waals surface area contributed by atoms with E-state index in [0.29, 0.717) is 6.42 Å². The molecule has 24 heavy (non-hydrogen) atoms. The van der Waals surface area contributed by atoms with Gasteiger partial charge in [-0.05, 0) is 53.7 Å². The molecule has 2 aromatic rings. The fourth-order valence-corrected chi connectivity index (χ4v) is 3.17. The number of amides is 1. The monoisotopic (exact) mass is 331 g/mol. The van der Waals surface area contributed by atoms with Gasteiger partial charge in [0.1, 0.15) is 0 Å². The Morgan fingerprint density at radius 1 is 1.08 bits per heavy atom. The van der Waals surface area contributed by atoms with Crippen LogP contribution in [-0.4, -0.2) is 38.1 Å². The van der Waals surface area contributed by atoms with Crippen LogP contribution < -0.4 is 0 Å². The predicted octanol–water partition coefficient (Wildman–Crippen LogP) is 2.85. The number of hydrogen-bond donors (Lipinski definition) is 0. The molecule has 1 heterocycles. The number of hydrogen-bond acceptors (Lipinski definition) is 2. The normalized spacial score (nSPS) is 10.8. The fourth-order valence-electron chi connectivity index (χ4n) is 3.17. The maximum absolute atomic E-state index is 12.7. The van der Waals surface area contributed by atoms with E-state index in [-0.39, 0.29) is 23.5 Å². The first-order chi connectivity index (χ1) is 10.8. The van der Waals surface area contributed by atoms with E-state index >= 15 is 0 Å². The Kier molecular flexibility index (Phi) is 6.72. The first kappa shape index (κ1) is 19.9. The van der Waals surface area contributed by atoms with Crippen molar-refractivity contribution in [3.05, 3.63) is 47.3 Å². The van der Waals surface area contributed by atoms with Crippen LogP contribution in [0.2, 0.25) is 0 Å². The van der Waals surface area contributed by atoms with Gasteiger partial charge in [-0.15, -0.1) is 0 Å². The van der Waals surface area contributed by atoms with Gasteiger partial charge >= 0.3 is 0 Å². The number of carbonyl (C=O) groups excluding carboxylic acids is 1. The van der Waals surface area contributed by atoms with Crippen molar-refractivity contribution in [1.29, 1.82) is 0 Å². The molecule has 1 aromatic heterocycles. The van der Waals surface area contributed by atoms with Crippen molar-refractivity contribution in [1.82, 2.24) is 14.7 Å². The van der Waals surface area contributed by atoms with Crippen LogP contribution in [0.5, 0.6) is 0 Å². The Morgan fingerprint density at radius 3 is 2.12 bits per heavy atom. The highest BCUT2D eigenvalue weighted by Gasteiger charge is 2.23. The van der Waals surface area contributed by atoms with Crippen molar-refractivity contribution in [2.75, 3.05) is 0 Å². The van der Waals surface area contributed by atoms with E-state index in [1.807, 2.05) is 53.8 Å². The molecular formula is C19H29N3O2. The van der Waals surface area contributed by atoms with E-state index in [1.54, 1.807) is 0 Å². The van der Waals surface area contributed by atoms with Crippen LogP contribution in [0, 0.1) is 13.8 Å². The minimum atomic E-state index is 0. The second-order valence-electron chi connectivity index (χ2n) is 6.56. The third kappa shape index (κ3) is 4.03. The van der Waals surface area contributed by atoms with Crippen LogP contribution in [0.4, 0.5) is 0 Å². The number of aryl methyl sites for hydroxylation is 1. The molecule has 0 aliphatic rings. The molecule has 0 saturated carbocycles. The average Bonchev–Trinajstić information content (AvgIpc) is 2.75. The van der Waals surface area contributed by atoms with E-state index in [9.17, 15) is 4.79 Å². The molecule has 0 unspecified atom stereocenters. The van der Waals surface area contributed by atoms with Crippen LogP contribution in [0.3, 0.4) is 0 Å². The van der Waals surface area contributed by atoms with Crippen LogP contribution in [0.15, 0.2) is 30.3 Å². The van der Waals surface area contributed by atoms with Crippen LogP contribution in [0.1, 0.15) is 44.6 Å². The minimum absolute atomic E-state index is 0. The van der Waals surface area contributed by atoms with Crippen molar-refractivity contribution in [2.45, 2.75) is 60.0 Å². The zero-order valence-corrected chi connectivity index (χ0v) is 15.5. The Hall–Kier alpha value is -2.14. The minimum Gasteiger partial charge on any atom is -0.412 e. The van der Waals surface area contributed by atoms with Gasteiger partial charge in [-0.2, -0.15) is 5.10 Å². The molecule has 0 aliphatic carbocycles. The van der Waals surface area contributed by atoms with E-state index < -0.39 is 0 Å². The summed E-state index contributed by atoms with van der Waals surface area (Å²) in [6, 6.07) is 10.4. The van der Waals surface area contributed by atoms with Crippen LogP contribution in [0.25, 0.3) is 5.69 Å². The molecule has 0 fully saturated rings. The lowest BCUT2D eigenvalue weighted by atomic mass is 10.1. The average molecular weight is 331 g/mol. The van der Waals surface area contributed by atoms with Gasteiger partial charge in [0.15, 0.2) is 0 Å². The Bertz CT molecular complexity index is 667. The quantitative estimate of drug-likeness (QED) is 0.845. The summed E-state index contributed by atoms with van der Waals surface area (Å²) in [5.74, 6) is 0.161. The summed E-state index contributed by atoms with van der Waals surface area (Å²) in [5.41, 5.74) is 4.02. The highest BCUT2D eigenvalue weighted by atomic mass is 16.2. The smallest absolute Gasteiger partial charge is 0.227 e. The molecule has 0 aliphatic heterocycles. The summed E-state index contributed by atoms with van der Waals surface area (Å²) in [5, 5.41) is 4.63. The van der Waals surface area contributed by atoms with Gasteiger partial charge in [0, 0.05) is 23.3 Å². The molecule has 2 N–H and O–H groups in total. The van der Waals surface area contributed by atoms with E-state index in [2.05, 4.69) is 32.8 Å². The van der Waals surface area contributed by atoms with Gasteiger partial charge in [-0.1, -0.05) is 18.2 Å². The largest absolute Gasteiger partial charge is 0.412 e. The highest BCUT2D eigenvalue weighted by molar-refractivity contribution is 5.80. The molecule has 0 spiro atoms. The molecule has 0 atom stereocenters. The number of benzene rings is 1. The first-order valence-corrected chi connectivity index (χ1v) is 8.24. The number of para-hydroxylation sites is 1. The standard InChI is InChI=1S/C19H27N3O.H2O/c1-13(2)21(14(3)4)19(23)12-18-15(5)20-22(16(18)6)17-10-8-7-9-11-17;/h7-11,13-14H,12H2,1-6H3;1H2. The second-order valence-corrected chi connectivity index (χ2v) is 6.56. The third-order valence-corrected chi connectivity index (χ3v) is 4.17. The van der Waals surface area contributed by atoms with Crippen molar-refractivity contribution in [3.8, 4) is 5.69 Å². The van der Waals surface area contributed by atoms with E-state index in [4.69, 9.17) is 0 Å². The predicted molar refractivity (Wildman–Crippen MR) is 97.5 cm³/mol. The van der Waals surface area contributed by atoms with Crippen LogP contribution in [-0.2, 0) is 11.2 Å². The molecule has 132 valence electrons. The zero-order valence-electron chi connectivity index (χ0n) is 15.5. The highest BCUT2D eigenvalue weighted by Crippen LogP contribution is 2.20. The lowest BCUT2D eigenvalue weighted by Gasteiger charge is -2.31. The summed E-state index contributed by atoms with van der Waals surface area (Å²) < 4.78 is 1.92. The van der Waals surface area contributed by atoms with E-state index in [0.717, 1.165) is 22.6 Å². The summed E-state index contributed by atoms with van der Waals surface area (Å²) in [7, 11) is 0. The van der Waals surface area contributed by atoms with E-state index in [1.165, 1.54) is 0 Å². The molecule has 0 saturated heterocycles. The lowest BCUT2D eigenvalue weighted by molar-refractivity contribution is -0.134. The SMILES string of the molecule is Cc1nn(-c2ccccc2)c(C)c1CC(=O)N(C(C)C)C(C)C.O. The van der Waals surface area contributed by atoms with Gasteiger partial charge in [-0.3, -0.25) is 4.79 Å². The Morgan fingerprint density at radius 2 is 1.62 bits per heavy atom. The number of aromatic nitrogens is 2. The molecule has 0 radical (unpaired) electrons. The number of carbonyl (C=O) groups is 1. The first-order valence-electron chi connectivity index (χ1n) is 8.24. The summed E-state index contributed by atoms with van der Waals surface area (Å²) >= 11 is 0. The maximum atomic E-state index is 12.7. The van der Waals surface area contributed by atoms with Gasteiger partial charge in [0.25, 0.3) is 0 Å². The van der Waals surface area contributed by atoms with Gasteiger partial charge in [-0.25, -0.2) is 4.68 Å². The maximum Gasteiger partial charge on any atom is 0.227 e. The fraction of sp³-hybridized carbons (Fsp3) is 0.474. The summed E-state index contributed by atoms with van der Waals surface area (Å²) in [6.07, 6.45) is 0.404.